The van der Waals surface area contributed by atoms with E-state index >= 15 is 0 Å². The van der Waals surface area contributed by atoms with Crippen LogP contribution in [0.15, 0.2) is 109 Å². The molecular formula is C33H26ClNO4. The highest BCUT2D eigenvalue weighted by Gasteiger charge is 2.18. The molecule has 0 bridgehead atoms. The predicted octanol–water partition coefficient (Wildman–Crippen LogP) is 7.95. The van der Waals surface area contributed by atoms with Crippen LogP contribution in [-0.2, 0) is 6.61 Å². The molecule has 0 fully saturated rings. The number of ether oxygens (including phenoxy) is 2. The summed E-state index contributed by atoms with van der Waals surface area (Å²) < 4.78 is 12.0. The van der Waals surface area contributed by atoms with Gasteiger partial charge in [0, 0.05) is 32.7 Å². The van der Waals surface area contributed by atoms with E-state index in [2.05, 4.69) is 5.32 Å². The summed E-state index contributed by atoms with van der Waals surface area (Å²) in [6, 6.07) is 32.8. The highest BCUT2D eigenvalue weighted by atomic mass is 35.5. The summed E-state index contributed by atoms with van der Waals surface area (Å²) in [7, 11) is 0. The van der Waals surface area contributed by atoms with Gasteiger partial charge >= 0.3 is 0 Å². The fourth-order valence-electron chi connectivity index (χ4n) is 4.36. The molecule has 5 aromatic rings. The number of benzene rings is 5. The highest BCUT2D eigenvalue weighted by molar-refractivity contribution is 6.31. The summed E-state index contributed by atoms with van der Waals surface area (Å²) in [5, 5.41) is 5.37. The fourth-order valence-corrected chi connectivity index (χ4v) is 4.53. The number of fused-ring (bicyclic) bond motifs is 1. The maximum absolute atomic E-state index is 13.3. The van der Waals surface area contributed by atoms with Crippen molar-refractivity contribution in [3.63, 3.8) is 0 Å². The third kappa shape index (κ3) is 5.95. The van der Waals surface area contributed by atoms with Crippen molar-refractivity contribution in [1.29, 1.82) is 0 Å². The highest BCUT2D eigenvalue weighted by Crippen LogP contribution is 2.29. The third-order valence-corrected chi connectivity index (χ3v) is 6.50. The molecule has 0 saturated carbocycles. The van der Waals surface area contributed by atoms with Crippen LogP contribution in [-0.4, -0.2) is 18.3 Å². The number of hydrogen-bond donors (Lipinski definition) is 1. The first-order valence-corrected chi connectivity index (χ1v) is 13.0. The molecule has 6 heteroatoms. The number of amides is 1. The lowest BCUT2D eigenvalue weighted by Crippen LogP contribution is -2.16. The van der Waals surface area contributed by atoms with Gasteiger partial charge in [0.15, 0.2) is 5.78 Å². The molecule has 0 aliphatic rings. The fraction of sp³-hybridized carbons (Fsp3) is 0.0909. The Kier molecular flexibility index (Phi) is 7.90. The lowest BCUT2D eigenvalue weighted by molar-refractivity contribution is 0.102. The normalized spacial score (nSPS) is 10.7. The van der Waals surface area contributed by atoms with Gasteiger partial charge in [0.1, 0.15) is 18.1 Å². The number of anilines is 1. The Balaban J connectivity index is 1.41. The van der Waals surface area contributed by atoms with E-state index in [4.69, 9.17) is 21.1 Å². The lowest BCUT2D eigenvalue weighted by atomic mass is 10.0. The average Bonchev–Trinajstić information content (AvgIpc) is 2.97. The summed E-state index contributed by atoms with van der Waals surface area (Å²) in [6.07, 6.45) is 0. The van der Waals surface area contributed by atoms with Crippen LogP contribution in [0.5, 0.6) is 11.5 Å². The number of carbonyl (C=O) groups is 2. The van der Waals surface area contributed by atoms with Crippen molar-refractivity contribution in [3.8, 4) is 11.5 Å². The van der Waals surface area contributed by atoms with Gasteiger partial charge in [-0.1, -0.05) is 78.3 Å². The number of ketones is 1. The van der Waals surface area contributed by atoms with E-state index in [1.165, 1.54) is 0 Å². The maximum atomic E-state index is 13.3. The van der Waals surface area contributed by atoms with Gasteiger partial charge in [-0.05, 0) is 54.8 Å². The van der Waals surface area contributed by atoms with Crippen molar-refractivity contribution in [2.45, 2.75) is 13.5 Å². The molecule has 1 N–H and O–H groups in total. The third-order valence-electron chi connectivity index (χ3n) is 6.27. The second-order valence-electron chi connectivity index (χ2n) is 8.86. The quantitative estimate of drug-likeness (QED) is 0.194. The van der Waals surface area contributed by atoms with E-state index in [9.17, 15) is 9.59 Å². The molecule has 0 saturated heterocycles. The van der Waals surface area contributed by atoms with Gasteiger partial charge in [-0.3, -0.25) is 9.59 Å². The zero-order chi connectivity index (χ0) is 27.2. The van der Waals surface area contributed by atoms with Gasteiger partial charge in [-0.25, -0.2) is 0 Å². The minimum atomic E-state index is -0.367. The molecule has 0 radical (unpaired) electrons. The van der Waals surface area contributed by atoms with Crippen molar-refractivity contribution >= 4 is 39.8 Å². The van der Waals surface area contributed by atoms with Gasteiger partial charge in [0.05, 0.1) is 12.3 Å². The van der Waals surface area contributed by atoms with Crippen LogP contribution < -0.4 is 14.8 Å². The van der Waals surface area contributed by atoms with E-state index < -0.39 is 0 Å². The van der Waals surface area contributed by atoms with Crippen molar-refractivity contribution < 1.29 is 19.1 Å². The second-order valence-corrected chi connectivity index (χ2v) is 9.30. The van der Waals surface area contributed by atoms with Crippen LogP contribution in [0.1, 0.15) is 38.8 Å². The van der Waals surface area contributed by atoms with Crippen LogP contribution >= 0.6 is 11.6 Å². The molecule has 0 atom stereocenters. The minimum absolute atomic E-state index is 0.211. The molecule has 0 unspecified atom stereocenters. The molecule has 39 heavy (non-hydrogen) atoms. The Morgan fingerprint density at radius 1 is 0.744 bits per heavy atom. The topological polar surface area (TPSA) is 64.6 Å². The molecule has 0 aliphatic carbocycles. The monoisotopic (exact) mass is 535 g/mol. The Morgan fingerprint density at radius 3 is 2.33 bits per heavy atom. The number of halogens is 1. The lowest BCUT2D eigenvalue weighted by Gasteiger charge is -2.15. The molecule has 194 valence electrons. The summed E-state index contributed by atoms with van der Waals surface area (Å²) in [5.41, 5.74) is 2.33. The first-order chi connectivity index (χ1) is 19.0. The summed E-state index contributed by atoms with van der Waals surface area (Å²) >= 11 is 6.20. The molecule has 0 heterocycles. The molecule has 5 aromatic carbocycles. The Bertz CT molecular complexity index is 1640. The largest absolute Gasteiger partial charge is 0.493 e. The van der Waals surface area contributed by atoms with E-state index in [0.29, 0.717) is 39.8 Å². The maximum Gasteiger partial charge on any atom is 0.255 e. The number of hydrogen-bond acceptors (Lipinski definition) is 4. The zero-order valence-corrected chi connectivity index (χ0v) is 22.1. The van der Waals surface area contributed by atoms with Gasteiger partial charge in [0.25, 0.3) is 5.91 Å². The van der Waals surface area contributed by atoms with Crippen LogP contribution in [0.3, 0.4) is 0 Å². The van der Waals surface area contributed by atoms with Gasteiger partial charge in [-0.2, -0.15) is 0 Å². The predicted molar refractivity (Wildman–Crippen MR) is 155 cm³/mol. The number of carbonyl (C=O) groups excluding carboxylic acids is 2. The van der Waals surface area contributed by atoms with Crippen molar-refractivity contribution in [2.24, 2.45) is 0 Å². The van der Waals surface area contributed by atoms with Gasteiger partial charge in [-0.15, -0.1) is 0 Å². The van der Waals surface area contributed by atoms with Crippen molar-refractivity contribution in [3.05, 3.63) is 136 Å². The molecule has 0 aliphatic heterocycles. The Hall–Kier alpha value is -4.61. The molecular weight excluding hydrogens is 510 g/mol. The van der Waals surface area contributed by atoms with E-state index in [-0.39, 0.29) is 18.3 Å². The minimum Gasteiger partial charge on any atom is -0.493 e. The SMILES string of the molecule is CCOc1ccc(C(=O)Nc2ccc(Cl)cc2C(=O)c2ccccc2)cc1COc1cccc2ccccc12. The standard InChI is InChI=1S/C33H26ClNO4/c1-2-38-30-18-15-24(19-25(30)21-39-31-14-8-12-22-9-6-7-13-27(22)31)33(37)35-29-17-16-26(34)20-28(29)32(36)23-10-4-3-5-11-23/h3-20H,2,21H2,1H3,(H,35,37). The van der Waals surface area contributed by atoms with Crippen LogP contribution in [0.4, 0.5) is 5.69 Å². The molecule has 0 spiro atoms. The smallest absolute Gasteiger partial charge is 0.255 e. The summed E-state index contributed by atoms with van der Waals surface area (Å²) in [4.78, 5) is 26.5. The first-order valence-electron chi connectivity index (χ1n) is 12.6. The Morgan fingerprint density at radius 2 is 1.51 bits per heavy atom. The van der Waals surface area contributed by atoms with Crippen molar-refractivity contribution in [2.75, 3.05) is 11.9 Å². The van der Waals surface area contributed by atoms with E-state index in [0.717, 1.165) is 22.1 Å². The number of nitrogens with one attached hydrogen (secondary N) is 1. The van der Waals surface area contributed by atoms with Crippen LogP contribution in [0, 0.1) is 0 Å². The van der Waals surface area contributed by atoms with E-state index in [1.54, 1.807) is 60.7 Å². The summed E-state index contributed by atoms with van der Waals surface area (Å²) in [6.45, 7) is 2.59. The van der Waals surface area contributed by atoms with Gasteiger partial charge < -0.3 is 14.8 Å². The Labute approximate surface area is 232 Å². The second kappa shape index (κ2) is 11.8. The van der Waals surface area contributed by atoms with E-state index in [1.807, 2.05) is 55.5 Å². The molecule has 1 amide bonds. The summed E-state index contributed by atoms with van der Waals surface area (Å²) in [5.74, 6) is 0.787. The molecule has 5 rings (SSSR count). The average molecular weight is 536 g/mol. The molecule has 0 aromatic heterocycles. The van der Waals surface area contributed by atoms with Crippen LogP contribution in [0.2, 0.25) is 5.02 Å². The van der Waals surface area contributed by atoms with Gasteiger partial charge in [0.2, 0.25) is 0 Å². The van der Waals surface area contributed by atoms with Crippen molar-refractivity contribution in [1.82, 2.24) is 0 Å². The molecule has 5 nitrogen and oxygen atoms in total. The number of rotatable bonds is 9. The van der Waals surface area contributed by atoms with Crippen LogP contribution in [0.25, 0.3) is 10.8 Å². The zero-order valence-electron chi connectivity index (χ0n) is 21.3. The first kappa shape index (κ1) is 26.0.